The van der Waals surface area contributed by atoms with E-state index >= 15 is 0 Å². The summed E-state index contributed by atoms with van der Waals surface area (Å²) in [6.45, 7) is 10.5. The van der Waals surface area contributed by atoms with Crippen LogP contribution in [0.5, 0.6) is 0 Å². The molecule has 0 spiro atoms. The Morgan fingerprint density at radius 3 is 2.27 bits per heavy atom. The molecule has 6 nitrogen and oxygen atoms in total. The first-order valence-electron chi connectivity index (χ1n) is 7.32. The van der Waals surface area contributed by atoms with Crippen molar-refractivity contribution in [2.45, 2.75) is 46.2 Å². The van der Waals surface area contributed by atoms with E-state index in [0.717, 1.165) is 23.4 Å². The predicted octanol–water partition coefficient (Wildman–Crippen LogP) is 2.37. The van der Waals surface area contributed by atoms with Crippen LogP contribution in [0.1, 0.15) is 37.2 Å². The number of thioether (sulfide) groups is 1. The molecule has 0 unspecified atom stereocenters. The zero-order valence-corrected chi connectivity index (χ0v) is 14.6. The number of carbonyl (C=O) groups is 2. The average molecular weight is 324 g/mol. The summed E-state index contributed by atoms with van der Waals surface area (Å²) in [5, 5.41) is 5.51. The van der Waals surface area contributed by atoms with E-state index in [4.69, 9.17) is 0 Å². The van der Waals surface area contributed by atoms with Gasteiger partial charge in [-0.05, 0) is 38.7 Å². The molecule has 0 radical (unpaired) electrons. The third-order valence-corrected chi connectivity index (χ3v) is 4.05. The number of aromatic nitrogens is 2. The first-order chi connectivity index (χ1) is 10.3. The minimum Gasteiger partial charge on any atom is -0.338 e. The third-order valence-electron chi connectivity index (χ3n) is 3.20. The standard InChI is InChI=1S/C15H24N4O2S/c1-9(2)6-7-16-14(21)19-13(20)8-22-15-17-11(4)10(3)12(5)18-15/h9H,6-8H2,1-5H3,(H2,16,19,20,21). The van der Waals surface area contributed by atoms with Crippen LogP contribution in [0.25, 0.3) is 0 Å². The van der Waals surface area contributed by atoms with Crippen molar-refractivity contribution >= 4 is 23.7 Å². The van der Waals surface area contributed by atoms with E-state index in [0.29, 0.717) is 17.6 Å². The first-order valence-corrected chi connectivity index (χ1v) is 8.30. The van der Waals surface area contributed by atoms with Gasteiger partial charge in [0.1, 0.15) is 0 Å². The maximum atomic E-state index is 11.7. The van der Waals surface area contributed by atoms with E-state index in [9.17, 15) is 9.59 Å². The molecule has 0 atom stereocenters. The van der Waals surface area contributed by atoms with Crippen molar-refractivity contribution in [3.8, 4) is 0 Å². The van der Waals surface area contributed by atoms with Crippen LogP contribution >= 0.6 is 11.8 Å². The van der Waals surface area contributed by atoms with Gasteiger partial charge in [-0.1, -0.05) is 25.6 Å². The highest BCUT2D eigenvalue weighted by molar-refractivity contribution is 7.99. The fraction of sp³-hybridized carbons (Fsp3) is 0.600. The molecule has 7 heteroatoms. The number of imide groups is 1. The van der Waals surface area contributed by atoms with Gasteiger partial charge in [0.25, 0.3) is 0 Å². The van der Waals surface area contributed by atoms with Crippen molar-refractivity contribution in [1.82, 2.24) is 20.6 Å². The summed E-state index contributed by atoms with van der Waals surface area (Å²) in [6.07, 6.45) is 0.881. The molecule has 1 heterocycles. The molecule has 0 bridgehead atoms. The van der Waals surface area contributed by atoms with Crippen LogP contribution in [0.15, 0.2) is 5.16 Å². The predicted molar refractivity (Wildman–Crippen MR) is 88.0 cm³/mol. The van der Waals surface area contributed by atoms with E-state index < -0.39 is 6.03 Å². The number of aryl methyl sites for hydroxylation is 2. The normalized spacial score (nSPS) is 10.6. The number of carbonyl (C=O) groups excluding carboxylic acids is 2. The Kier molecular flexibility index (Phi) is 7.31. The van der Waals surface area contributed by atoms with Crippen LogP contribution in [0, 0.1) is 26.7 Å². The Hall–Kier alpha value is -1.63. The van der Waals surface area contributed by atoms with Gasteiger partial charge in [0.2, 0.25) is 5.91 Å². The Balaban J connectivity index is 2.38. The maximum absolute atomic E-state index is 11.7. The number of hydrogen-bond donors (Lipinski definition) is 2. The van der Waals surface area contributed by atoms with Crippen LogP contribution in [-0.4, -0.2) is 34.2 Å². The highest BCUT2D eigenvalue weighted by Gasteiger charge is 2.10. The van der Waals surface area contributed by atoms with Crippen molar-refractivity contribution in [3.63, 3.8) is 0 Å². The fourth-order valence-electron chi connectivity index (χ4n) is 1.62. The summed E-state index contributed by atoms with van der Waals surface area (Å²) in [6, 6.07) is -0.455. The molecule has 3 amide bonds. The Morgan fingerprint density at radius 2 is 1.73 bits per heavy atom. The molecule has 0 saturated carbocycles. The Labute approximate surface area is 135 Å². The Bertz CT molecular complexity index is 523. The highest BCUT2D eigenvalue weighted by atomic mass is 32.2. The zero-order chi connectivity index (χ0) is 16.7. The largest absolute Gasteiger partial charge is 0.338 e. The molecular weight excluding hydrogens is 300 g/mol. The average Bonchev–Trinajstić information content (AvgIpc) is 2.41. The summed E-state index contributed by atoms with van der Waals surface area (Å²) < 4.78 is 0. The second kappa shape index (κ2) is 8.73. The topological polar surface area (TPSA) is 84.0 Å². The Morgan fingerprint density at radius 1 is 1.14 bits per heavy atom. The molecule has 0 fully saturated rings. The fourth-order valence-corrected chi connectivity index (χ4v) is 2.35. The summed E-state index contributed by atoms with van der Waals surface area (Å²) in [5.74, 6) is 0.266. The molecule has 1 aromatic rings. The molecule has 0 aliphatic heterocycles. The van der Waals surface area contributed by atoms with E-state index in [-0.39, 0.29) is 11.7 Å². The lowest BCUT2D eigenvalue weighted by atomic mass is 10.1. The minimum atomic E-state index is -0.455. The molecule has 2 N–H and O–H groups in total. The summed E-state index contributed by atoms with van der Waals surface area (Å²) in [7, 11) is 0. The lowest BCUT2D eigenvalue weighted by Gasteiger charge is -2.08. The highest BCUT2D eigenvalue weighted by Crippen LogP contribution is 2.16. The number of urea groups is 1. The number of nitrogens with zero attached hydrogens (tertiary/aromatic N) is 2. The number of nitrogens with one attached hydrogen (secondary N) is 2. The molecule has 0 aromatic carbocycles. The zero-order valence-electron chi connectivity index (χ0n) is 13.8. The van der Waals surface area contributed by atoms with Gasteiger partial charge >= 0.3 is 6.03 Å². The van der Waals surface area contributed by atoms with Crippen molar-refractivity contribution < 1.29 is 9.59 Å². The van der Waals surface area contributed by atoms with Gasteiger partial charge < -0.3 is 5.32 Å². The molecule has 1 rings (SSSR count). The summed E-state index contributed by atoms with van der Waals surface area (Å²) >= 11 is 1.22. The summed E-state index contributed by atoms with van der Waals surface area (Å²) in [5.41, 5.74) is 2.86. The second-order valence-corrected chi connectivity index (χ2v) is 6.52. The van der Waals surface area contributed by atoms with Gasteiger partial charge in [-0.25, -0.2) is 14.8 Å². The molecular formula is C15H24N4O2S. The van der Waals surface area contributed by atoms with Gasteiger partial charge in [0, 0.05) is 17.9 Å². The summed E-state index contributed by atoms with van der Waals surface area (Å²) in [4.78, 5) is 31.9. The van der Waals surface area contributed by atoms with Gasteiger partial charge in [0.15, 0.2) is 5.16 Å². The van der Waals surface area contributed by atoms with Crippen molar-refractivity contribution in [1.29, 1.82) is 0 Å². The molecule has 0 aliphatic carbocycles. The van der Waals surface area contributed by atoms with E-state index in [1.165, 1.54) is 11.8 Å². The first kappa shape index (κ1) is 18.4. The lowest BCUT2D eigenvalue weighted by molar-refractivity contribution is -0.117. The van der Waals surface area contributed by atoms with Gasteiger partial charge in [0.05, 0.1) is 5.75 Å². The third kappa shape index (κ3) is 6.43. The second-order valence-electron chi connectivity index (χ2n) is 5.58. The van der Waals surface area contributed by atoms with Gasteiger partial charge in [-0.2, -0.15) is 0 Å². The molecule has 0 saturated heterocycles. The van der Waals surface area contributed by atoms with Crippen LogP contribution in [-0.2, 0) is 4.79 Å². The maximum Gasteiger partial charge on any atom is 0.321 e. The van der Waals surface area contributed by atoms with Crippen LogP contribution < -0.4 is 10.6 Å². The lowest BCUT2D eigenvalue weighted by Crippen LogP contribution is -2.40. The molecule has 22 heavy (non-hydrogen) atoms. The number of amides is 3. The quantitative estimate of drug-likeness (QED) is 0.620. The van der Waals surface area contributed by atoms with Crippen LogP contribution in [0.3, 0.4) is 0 Å². The monoisotopic (exact) mass is 324 g/mol. The number of rotatable bonds is 6. The van der Waals surface area contributed by atoms with Crippen LogP contribution in [0.4, 0.5) is 4.79 Å². The van der Waals surface area contributed by atoms with Gasteiger partial charge in [-0.3, -0.25) is 10.1 Å². The van der Waals surface area contributed by atoms with Crippen LogP contribution in [0.2, 0.25) is 0 Å². The van der Waals surface area contributed by atoms with Gasteiger partial charge in [-0.15, -0.1) is 0 Å². The van der Waals surface area contributed by atoms with E-state index in [1.54, 1.807) is 0 Å². The van der Waals surface area contributed by atoms with Crippen molar-refractivity contribution in [2.75, 3.05) is 12.3 Å². The molecule has 122 valence electrons. The minimum absolute atomic E-state index is 0.111. The van der Waals surface area contributed by atoms with Crippen molar-refractivity contribution in [2.24, 2.45) is 5.92 Å². The smallest absolute Gasteiger partial charge is 0.321 e. The number of hydrogen-bond acceptors (Lipinski definition) is 5. The SMILES string of the molecule is Cc1nc(SCC(=O)NC(=O)NCCC(C)C)nc(C)c1C. The van der Waals surface area contributed by atoms with E-state index in [2.05, 4.69) is 34.4 Å². The van der Waals surface area contributed by atoms with E-state index in [1.807, 2.05) is 20.8 Å². The molecule has 0 aliphatic rings. The van der Waals surface area contributed by atoms with Crippen molar-refractivity contribution in [3.05, 3.63) is 17.0 Å². The molecule has 1 aromatic heterocycles.